The van der Waals surface area contributed by atoms with Crippen molar-refractivity contribution in [3.8, 4) is 11.1 Å². The van der Waals surface area contributed by atoms with E-state index in [2.05, 4.69) is 20.3 Å². The molecule has 0 amide bonds. The molecule has 36 heavy (non-hydrogen) atoms. The fourth-order valence-electron chi connectivity index (χ4n) is 4.25. The molecule has 1 fully saturated rings. The molecule has 1 aliphatic heterocycles. The number of hydrogen-bond donors (Lipinski definition) is 4. The number of imidazole rings is 1. The topological polar surface area (TPSA) is 126 Å². The fraction of sp³-hybridized carbons (Fsp3) is 0.292. The highest BCUT2D eigenvalue weighted by molar-refractivity contribution is 5.82. The molecule has 2 aromatic carbocycles. The van der Waals surface area contributed by atoms with E-state index < -0.39 is 42.9 Å². The maximum absolute atomic E-state index is 13.4. The first kappa shape index (κ1) is 24.1. The van der Waals surface area contributed by atoms with E-state index >= 15 is 0 Å². The lowest BCUT2D eigenvalue weighted by molar-refractivity contribution is -0.137. The van der Waals surface area contributed by atoms with Crippen molar-refractivity contribution in [2.24, 2.45) is 0 Å². The quantitative estimate of drug-likeness (QED) is 0.318. The number of benzene rings is 2. The van der Waals surface area contributed by atoms with Gasteiger partial charge in [0.1, 0.15) is 24.6 Å². The minimum Gasteiger partial charge on any atom is -0.394 e. The number of ether oxygens (including phenoxy) is 1. The van der Waals surface area contributed by atoms with Crippen LogP contribution in [-0.2, 0) is 17.5 Å². The number of rotatable bonds is 6. The van der Waals surface area contributed by atoms with E-state index in [-0.39, 0.29) is 5.56 Å². The number of aromatic nitrogens is 4. The summed E-state index contributed by atoms with van der Waals surface area (Å²) in [6.45, 7) is -0.141. The normalized spacial score (nSPS) is 22.3. The van der Waals surface area contributed by atoms with E-state index in [1.807, 2.05) is 0 Å². The molecule has 0 spiro atoms. The van der Waals surface area contributed by atoms with Crippen LogP contribution in [0.3, 0.4) is 0 Å². The monoisotopic (exact) mass is 501 g/mol. The van der Waals surface area contributed by atoms with Crippen molar-refractivity contribution in [1.29, 1.82) is 0 Å². The lowest BCUT2D eigenvalue weighted by Gasteiger charge is -2.16. The molecule has 0 unspecified atom stereocenters. The third-order valence-electron chi connectivity index (χ3n) is 6.11. The summed E-state index contributed by atoms with van der Waals surface area (Å²) in [5, 5.41) is 32.8. The molecule has 4 atom stereocenters. The SMILES string of the molecule is OC[C@H]1O[C@@H](n2cnc3c(NCc4ccc(-c5ccccc5C(F)(F)F)cc4)ncnc32)[C@H](O)[C@@H]1O. The fourth-order valence-corrected chi connectivity index (χ4v) is 4.25. The summed E-state index contributed by atoms with van der Waals surface area (Å²) in [6.07, 6.45) is -6.21. The van der Waals surface area contributed by atoms with E-state index in [0.29, 0.717) is 29.1 Å². The Labute approximate surface area is 202 Å². The second-order valence-electron chi connectivity index (χ2n) is 8.37. The van der Waals surface area contributed by atoms with Crippen LogP contribution in [0.25, 0.3) is 22.3 Å². The van der Waals surface area contributed by atoms with Crippen molar-refractivity contribution in [1.82, 2.24) is 19.5 Å². The van der Waals surface area contributed by atoms with Crippen LogP contribution in [0.5, 0.6) is 0 Å². The molecule has 0 aliphatic carbocycles. The Bertz CT molecular complexity index is 1360. The third-order valence-corrected chi connectivity index (χ3v) is 6.11. The number of alkyl halides is 3. The average Bonchev–Trinajstić information content (AvgIpc) is 3.43. The number of aliphatic hydroxyl groups is 3. The Hall–Kier alpha value is -3.58. The number of halogens is 3. The summed E-state index contributed by atoms with van der Waals surface area (Å²) >= 11 is 0. The van der Waals surface area contributed by atoms with Gasteiger partial charge in [-0.05, 0) is 22.8 Å². The van der Waals surface area contributed by atoms with Gasteiger partial charge in [-0.2, -0.15) is 13.2 Å². The van der Waals surface area contributed by atoms with Crippen molar-refractivity contribution < 1.29 is 33.2 Å². The summed E-state index contributed by atoms with van der Waals surface area (Å²) < 4.78 is 47.1. The average molecular weight is 501 g/mol. The predicted octanol–water partition coefficient (Wildman–Crippen LogP) is 2.74. The molecule has 4 aromatic rings. The van der Waals surface area contributed by atoms with Crippen molar-refractivity contribution in [3.05, 3.63) is 72.3 Å². The number of aliphatic hydroxyl groups excluding tert-OH is 3. The molecule has 5 rings (SSSR count). The highest BCUT2D eigenvalue weighted by Crippen LogP contribution is 2.37. The van der Waals surface area contributed by atoms with E-state index in [0.717, 1.165) is 11.6 Å². The minimum atomic E-state index is -4.45. The van der Waals surface area contributed by atoms with Crippen molar-refractivity contribution in [2.45, 2.75) is 37.3 Å². The van der Waals surface area contributed by atoms with Gasteiger partial charge in [-0.25, -0.2) is 15.0 Å². The minimum absolute atomic E-state index is 0.109. The van der Waals surface area contributed by atoms with E-state index in [1.54, 1.807) is 30.3 Å². The molecule has 0 radical (unpaired) electrons. The summed E-state index contributed by atoms with van der Waals surface area (Å²) in [5.41, 5.74) is 1.42. The molecule has 0 bridgehead atoms. The van der Waals surface area contributed by atoms with Crippen LogP contribution >= 0.6 is 0 Å². The maximum Gasteiger partial charge on any atom is 0.417 e. The van der Waals surface area contributed by atoms with Crippen LogP contribution in [-0.4, -0.2) is 59.8 Å². The zero-order valence-corrected chi connectivity index (χ0v) is 18.7. The third kappa shape index (κ3) is 4.39. The molecule has 3 heterocycles. The van der Waals surface area contributed by atoms with Gasteiger partial charge in [-0.3, -0.25) is 4.57 Å². The molecular weight excluding hydrogens is 479 g/mol. The highest BCUT2D eigenvalue weighted by Gasteiger charge is 2.44. The molecule has 4 N–H and O–H groups in total. The molecule has 188 valence electrons. The Morgan fingerprint density at radius 1 is 0.972 bits per heavy atom. The summed E-state index contributed by atoms with van der Waals surface area (Å²) in [6, 6.07) is 12.2. The van der Waals surface area contributed by atoms with Crippen LogP contribution in [0.1, 0.15) is 17.4 Å². The van der Waals surface area contributed by atoms with Gasteiger partial charge in [0.15, 0.2) is 23.2 Å². The number of nitrogens with one attached hydrogen (secondary N) is 1. The van der Waals surface area contributed by atoms with Gasteiger partial charge in [-0.1, -0.05) is 42.5 Å². The van der Waals surface area contributed by atoms with Gasteiger partial charge in [0.25, 0.3) is 0 Å². The summed E-state index contributed by atoms with van der Waals surface area (Å²) in [7, 11) is 0. The van der Waals surface area contributed by atoms with E-state index in [4.69, 9.17) is 4.74 Å². The van der Waals surface area contributed by atoms with Crippen LogP contribution in [0.2, 0.25) is 0 Å². The lowest BCUT2D eigenvalue weighted by atomic mass is 9.98. The Morgan fingerprint density at radius 2 is 1.72 bits per heavy atom. The summed E-state index contributed by atoms with van der Waals surface area (Å²) in [4.78, 5) is 12.7. The number of nitrogens with zero attached hydrogens (tertiary/aromatic N) is 4. The Morgan fingerprint density at radius 3 is 2.42 bits per heavy atom. The van der Waals surface area contributed by atoms with Crippen LogP contribution < -0.4 is 5.32 Å². The maximum atomic E-state index is 13.4. The van der Waals surface area contributed by atoms with Crippen LogP contribution in [0.4, 0.5) is 19.0 Å². The molecule has 0 saturated carbocycles. The van der Waals surface area contributed by atoms with E-state index in [1.165, 1.54) is 29.4 Å². The van der Waals surface area contributed by atoms with Gasteiger partial charge in [-0.15, -0.1) is 0 Å². The Kier molecular flexibility index (Phi) is 6.35. The number of fused-ring (bicyclic) bond motifs is 1. The van der Waals surface area contributed by atoms with Gasteiger partial charge >= 0.3 is 6.18 Å². The standard InChI is InChI=1S/C24H22F3N5O4/c25-24(26,27)16-4-2-1-3-15(16)14-7-5-13(6-8-14)9-28-21-18-22(30-11-29-21)32(12-31-18)23-20(35)19(34)17(10-33)36-23/h1-8,11-12,17,19-20,23,33-35H,9-10H2,(H,28,29,30)/t17-,19-,20-,23-/m1/s1. The molecule has 2 aromatic heterocycles. The molecular formula is C24H22F3N5O4. The van der Waals surface area contributed by atoms with Gasteiger partial charge in [0.2, 0.25) is 0 Å². The van der Waals surface area contributed by atoms with Crippen LogP contribution in [0, 0.1) is 0 Å². The Balaban J connectivity index is 1.34. The smallest absolute Gasteiger partial charge is 0.394 e. The van der Waals surface area contributed by atoms with E-state index in [9.17, 15) is 28.5 Å². The largest absolute Gasteiger partial charge is 0.417 e. The first-order chi connectivity index (χ1) is 17.3. The second-order valence-corrected chi connectivity index (χ2v) is 8.37. The van der Waals surface area contributed by atoms with Gasteiger partial charge in [0, 0.05) is 6.54 Å². The molecule has 12 heteroatoms. The predicted molar refractivity (Wildman–Crippen MR) is 123 cm³/mol. The van der Waals surface area contributed by atoms with Gasteiger partial charge in [0.05, 0.1) is 18.5 Å². The molecule has 9 nitrogen and oxygen atoms in total. The zero-order valence-electron chi connectivity index (χ0n) is 18.7. The van der Waals surface area contributed by atoms with Crippen molar-refractivity contribution in [2.75, 3.05) is 11.9 Å². The van der Waals surface area contributed by atoms with Crippen molar-refractivity contribution >= 4 is 17.0 Å². The lowest BCUT2D eigenvalue weighted by Crippen LogP contribution is -2.33. The number of hydrogen-bond acceptors (Lipinski definition) is 8. The van der Waals surface area contributed by atoms with Crippen LogP contribution in [0.15, 0.2) is 61.2 Å². The highest BCUT2D eigenvalue weighted by atomic mass is 19.4. The number of anilines is 1. The molecule has 1 aliphatic rings. The first-order valence-corrected chi connectivity index (χ1v) is 11.1. The van der Waals surface area contributed by atoms with Crippen molar-refractivity contribution in [3.63, 3.8) is 0 Å². The zero-order chi connectivity index (χ0) is 25.4. The molecule has 1 saturated heterocycles. The second kappa shape index (κ2) is 9.47. The first-order valence-electron chi connectivity index (χ1n) is 11.1. The van der Waals surface area contributed by atoms with Gasteiger partial charge < -0.3 is 25.4 Å². The summed E-state index contributed by atoms with van der Waals surface area (Å²) in [5.74, 6) is 0.400.